The summed E-state index contributed by atoms with van der Waals surface area (Å²) in [5, 5.41) is 11.6. The highest BCUT2D eigenvalue weighted by molar-refractivity contribution is 5.91. The third-order valence-corrected chi connectivity index (χ3v) is 5.81. The van der Waals surface area contributed by atoms with Gasteiger partial charge >= 0.3 is 0 Å². The molecule has 30 heavy (non-hydrogen) atoms. The van der Waals surface area contributed by atoms with E-state index in [0.29, 0.717) is 18.7 Å². The number of aromatic nitrogens is 4. The Morgan fingerprint density at radius 3 is 2.67 bits per heavy atom. The zero-order valence-electron chi connectivity index (χ0n) is 16.1. The summed E-state index contributed by atoms with van der Waals surface area (Å²) in [6, 6.07) is 10.0. The van der Waals surface area contributed by atoms with Crippen LogP contribution in [0, 0.1) is 5.82 Å². The van der Waals surface area contributed by atoms with E-state index in [1.807, 2.05) is 0 Å². The molecule has 1 aromatic carbocycles. The Morgan fingerprint density at radius 1 is 1.17 bits per heavy atom. The molecule has 1 amide bonds. The first-order chi connectivity index (χ1) is 14.6. The number of carbonyl (C=O) groups is 1. The molecule has 1 aliphatic heterocycles. The van der Waals surface area contributed by atoms with E-state index in [9.17, 15) is 14.0 Å². The van der Waals surface area contributed by atoms with Gasteiger partial charge < -0.3 is 10.1 Å². The average molecular weight is 409 g/mol. The molecule has 1 saturated carbocycles. The molecule has 154 valence electrons. The van der Waals surface area contributed by atoms with Gasteiger partial charge in [0.05, 0.1) is 24.7 Å². The van der Waals surface area contributed by atoms with Crippen LogP contribution in [0.3, 0.4) is 0 Å². The van der Waals surface area contributed by atoms with E-state index < -0.39 is 17.5 Å². The molecule has 8 nitrogen and oxygen atoms in total. The lowest BCUT2D eigenvalue weighted by Crippen LogP contribution is -2.47. The van der Waals surface area contributed by atoms with Crippen molar-refractivity contribution in [1.29, 1.82) is 0 Å². The van der Waals surface area contributed by atoms with Crippen LogP contribution in [0.5, 0.6) is 0 Å². The van der Waals surface area contributed by atoms with Crippen LogP contribution in [-0.4, -0.2) is 44.7 Å². The number of ether oxygens (including phenoxy) is 1. The van der Waals surface area contributed by atoms with Gasteiger partial charge in [-0.1, -0.05) is 12.1 Å². The molecule has 3 heterocycles. The summed E-state index contributed by atoms with van der Waals surface area (Å²) in [6.07, 6.45) is 4.77. The molecule has 5 rings (SSSR count). The van der Waals surface area contributed by atoms with Crippen LogP contribution < -0.4 is 10.9 Å². The van der Waals surface area contributed by atoms with Gasteiger partial charge in [0.1, 0.15) is 11.9 Å². The van der Waals surface area contributed by atoms with Gasteiger partial charge in [0.15, 0.2) is 5.82 Å². The number of halogens is 1. The van der Waals surface area contributed by atoms with Gasteiger partial charge in [0.25, 0.3) is 5.56 Å². The predicted octanol–water partition coefficient (Wildman–Crippen LogP) is 1.36. The largest absolute Gasteiger partial charge is 0.377 e. The third-order valence-electron chi connectivity index (χ3n) is 5.81. The maximum atomic E-state index is 13.3. The van der Waals surface area contributed by atoms with Crippen molar-refractivity contribution >= 4 is 5.91 Å². The van der Waals surface area contributed by atoms with Crippen LogP contribution in [0.2, 0.25) is 0 Å². The quantitative estimate of drug-likeness (QED) is 0.687. The Hall–Kier alpha value is -3.33. The van der Waals surface area contributed by atoms with Crippen molar-refractivity contribution in [2.24, 2.45) is 0 Å². The highest BCUT2D eigenvalue weighted by Crippen LogP contribution is 2.48. The van der Waals surface area contributed by atoms with Gasteiger partial charge in [-0.05, 0) is 42.7 Å². The van der Waals surface area contributed by atoms with Crippen LogP contribution in [0.15, 0.2) is 59.7 Å². The molecule has 0 bridgehead atoms. The molecule has 2 aliphatic rings. The second-order valence-electron chi connectivity index (χ2n) is 7.70. The zero-order valence-corrected chi connectivity index (χ0v) is 16.1. The fourth-order valence-electron chi connectivity index (χ4n) is 3.95. The summed E-state index contributed by atoms with van der Waals surface area (Å²) >= 11 is 0. The molecule has 2 atom stereocenters. The van der Waals surface area contributed by atoms with Gasteiger partial charge in [-0.3, -0.25) is 9.59 Å². The van der Waals surface area contributed by atoms with Gasteiger partial charge in [-0.15, -0.1) is 5.10 Å². The van der Waals surface area contributed by atoms with Crippen LogP contribution in [-0.2, 0) is 14.9 Å². The normalized spacial score (nSPS) is 22.0. The lowest BCUT2D eigenvalue weighted by Gasteiger charge is -2.23. The minimum Gasteiger partial charge on any atom is -0.377 e. The summed E-state index contributed by atoms with van der Waals surface area (Å²) in [5.74, 6) is 0.0363. The average Bonchev–Trinajstić information content (AvgIpc) is 3.15. The molecule has 0 radical (unpaired) electrons. The van der Waals surface area contributed by atoms with Crippen molar-refractivity contribution < 1.29 is 13.9 Å². The summed E-state index contributed by atoms with van der Waals surface area (Å²) in [4.78, 5) is 25.6. The number of nitrogens with zero attached hydrogens (tertiary/aromatic N) is 4. The Bertz CT molecular complexity index is 1120. The SMILES string of the molecule is O=C(NC1COCC1n1nc(-n2cccn2)ccc1=O)C1(c2ccc(F)cc2)CC1. The zero-order chi connectivity index (χ0) is 20.7. The number of benzene rings is 1. The predicted molar refractivity (Wildman–Crippen MR) is 105 cm³/mol. The van der Waals surface area contributed by atoms with Crippen molar-refractivity contribution in [2.45, 2.75) is 30.3 Å². The van der Waals surface area contributed by atoms with Gasteiger partial charge in [-0.25, -0.2) is 13.8 Å². The first-order valence-corrected chi connectivity index (χ1v) is 9.81. The van der Waals surface area contributed by atoms with Gasteiger partial charge in [0.2, 0.25) is 5.91 Å². The molecule has 2 unspecified atom stereocenters. The number of nitrogens with one attached hydrogen (secondary N) is 1. The van der Waals surface area contributed by atoms with Crippen molar-refractivity contribution in [1.82, 2.24) is 24.9 Å². The molecule has 1 aliphatic carbocycles. The number of rotatable bonds is 5. The molecule has 2 aromatic heterocycles. The van der Waals surface area contributed by atoms with Crippen molar-refractivity contribution in [3.05, 3.63) is 76.6 Å². The number of hydrogen-bond donors (Lipinski definition) is 1. The van der Waals surface area contributed by atoms with E-state index >= 15 is 0 Å². The van der Waals surface area contributed by atoms with Crippen molar-refractivity contribution in [2.75, 3.05) is 13.2 Å². The summed E-state index contributed by atoms with van der Waals surface area (Å²) in [7, 11) is 0. The second-order valence-corrected chi connectivity index (χ2v) is 7.70. The fourth-order valence-corrected chi connectivity index (χ4v) is 3.95. The minimum absolute atomic E-state index is 0.133. The van der Waals surface area contributed by atoms with Crippen LogP contribution >= 0.6 is 0 Å². The lowest BCUT2D eigenvalue weighted by atomic mass is 9.94. The first-order valence-electron chi connectivity index (χ1n) is 9.81. The Morgan fingerprint density at radius 2 is 1.97 bits per heavy atom. The van der Waals surface area contributed by atoms with E-state index in [1.165, 1.54) is 22.9 Å². The number of amides is 1. The standard InChI is InChI=1S/C21H20FN5O3/c22-15-4-2-14(3-5-15)21(8-9-21)20(29)24-16-12-30-13-17(16)27-19(28)7-6-18(25-27)26-11-1-10-23-26/h1-7,10-11,16-17H,8-9,12-13H2,(H,24,29). The topological polar surface area (TPSA) is 91.0 Å². The van der Waals surface area contributed by atoms with Gasteiger partial charge in [0, 0.05) is 18.5 Å². The Balaban J connectivity index is 1.38. The maximum Gasteiger partial charge on any atom is 0.267 e. The molecule has 3 aromatic rings. The fraction of sp³-hybridized carbons (Fsp3) is 0.333. The number of carbonyl (C=O) groups excluding carboxylic acids is 1. The number of hydrogen-bond acceptors (Lipinski definition) is 5. The molecule has 9 heteroatoms. The van der Waals surface area contributed by atoms with E-state index in [1.54, 1.807) is 41.3 Å². The first kappa shape index (κ1) is 18.7. The molecule has 0 spiro atoms. The van der Waals surface area contributed by atoms with Gasteiger partial charge in [-0.2, -0.15) is 5.10 Å². The molecule has 1 N–H and O–H groups in total. The highest BCUT2D eigenvalue weighted by atomic mass is 19.1. The summed E-state index contributed by atoms with van der Waals surface area (Å²) in [6.45, 7) is 0.556. The molecule has 2 fully saturated rings. The summed E-state index contributed by atoms with van der Waals surface area (Å²) < 4.78 is 21.8. The van der Waals surface area contributed by atoms with Crippen LogP contribution in [0.4, 0.5) is 4.39 Å². The monoisotopic (exact) mass is 409 g/mol. The summed E-state index contributed by atoms with van der Waals surface area (Å²) in [5.41, 5.74) is -0.121. The minimum atomic E-state index is -0.643. The van der Waals surface area contributed by atoms with Crippen LogP contribution in [0.25, 0.3) is 5.82 Å². The molecular formula is C21H20FN5O3. The van der Waals surface area contributed by atoms with E-state index in [-0.39, 0.29) is 30.5 Å². The van der Waals surface area contributed by atoms with E-state index in [4.69, 9.17) is 4.74 Å². The second kappa shape index (κ2) is 7.17. The van der Waals surface area contributed by atoms with Crippen molar-refractivity contribution in [3.63, 3.8) is 0 Å². The van der Waals surface area contributed by atoms with E-state index in [2.05, 4.69) is 15.5 Å². The van der Waals surface area contributed by atoms with Crippen LogP contribution in [0.1, 0.15) is 24.4 Å². The van der Waals surface area contributed by atoms with E-state index in [0.717, 1.165) is 5.56 Å². The highest BCUT2D eigenvalue weighted by Gasteiger charge is 2.52. The maximum absolute atomic E-state index is 13.3. The lowest BCUT2D eigenvalue weighted by molar-refractivity contribution is -0.124. The Kier molecular flexibility index (Phi) is 4.47. The molecular weight excluding hydrogens is 389 g/mol. The third kappa shape index (κ3) is 3.21. The smallest absolute Gasteiger partial charge is 0.267 e. The van der Waals surface area contributed by atoms with Crippen molar-refractivity contribution in [3.8, 4) is 5.82 Å². The Labute approximate surface area is 171 Å². The molecule has 1 saturated heterocycles.